The Balaban J connectivity index is 2.00. The molecule has 2 N–H and O–H groups in total. The number of ether oxygens (including phenoxy) is 2. The second-order valence-electron chi connectivity index (χ2n) is 4.27. The van der Waals surface area contributed by atoms with E-state index in [0.717, 1.165) is 5.56 Å². The van der Waals surface area contributed by atoms with Crippen molar-refractivity contribution in [1.82, 2.24) is 0 Å². The number of carbonyl (C=O) groups is 1. The summed E-state index contributed by atoms with van der Waals surface area (Å²) in [6, 6.07) is 9.40. The lowest BCUT2D eigenvalue weighted by Crippen LogP contribution is -2.39. The van der Waals surface area contributed by atoms with E-state index < -0.39 is 24.5 Å². The molecule has 0 aromatic heterocycles. The van der Waals surface area contributed by atoms with Crippen molar-refractivity contribution in [2.45, 2.75) is 24.9 Å². The number of carboxylic acids is 1. The van der Waals surface area contributed by atoms with Gasteiger partial charge < -0.3 is 19.7 Å². The van der Waals surface area contributed by atoms with Crippen molar-refractivity contribution >= 4 is 5.97 Å². The summed E-state index contributed by atoms with van der Waals surface area (Å²) in [7, 11) is 0. The highest BCUT2D eigenvalue weighted by Gasteiger charge is 2.29. The normalized spacial score (nSPS) is 27.5. The predicted molar refractivity (Wildman–Crippen MR) is 67.4 cm³/mol. The maximum Gasteiger partial charge on any atom is 0.307 e. The molecule has 102 valence electrons. The number of carboxylic acid groups (broad SMARTS) is 1. The van der Waals surface area contributed by atoms with Crippen LogP contribution in [0.5, 0.6) is 0 Å². The molecule has 1 saturated heterocycles. The zero-order valence-electron chi connectivity index (χ0n) is 10.3. The van der Waals surface area contributed by atoms with Crippen LogP contribution < -0.4 is 0 Å². The van der Waals surface area contributed by atoms with Gasteiger partial charge in [-0.05, 0) is 0 Å². The molecule has 19 heavy (non-hydrogen) atoms. The average molecular weight is 264 g/mol. The minimum absolute atomic E-state index is 0.0938. The van der Waals surface area contributed by atoms with E-state index in [-0.39, 0.29) is 13.0 Å². The summed E-state index contributed by atoms with van der Waals surface area (Å²) in [5.41, 5.74) is 0.867. The maximum atomic E-state index is 10.4. The number of aliphatic hydroxyl groups excluding tert-OH is 1. The predicted octanol–water partition coefficient (Wildman–Crippen LogP) is 1.49. The summed E-state index contributed by atoms with van der Waals surface area (Å²) in [5.74, 6) is -0.919. The lowest BCUT2D eigenvalue weighted by atomic mass is 10.1. The van der Waals surface area contributed by atoms with Gasteiger partial charge >= 0.3 is 5.97 Å². The molecular weight excluding hydrogens is 248 g/mol. The average Bonchev–Trinajstić information content (AvgIpc) is 2.41. The molecule has 5 nitrogen and oxygen atoms in total. The van der Waals surface area contributed by atoms with Crippen LogP contribution >= 0.6 is 0 Å². The fraction of sp³-hybridized carbons (Fsp3) is 0.357. The monoisotopic (exact) mass is 264 g/mol. The Morgan fingerprint density at radius 1 is 1.37 bits per heavy atom. The molecule has 0 amide bonds. The minimum Gasteiger partial charge on any atom is -0.481 e. The van der Waals surface area contributed by atoms with Crippen LogP contribution in [-0.4, -0.2) is 35.0 Å². The molecule has 0 spiro atoms. The second-order valence-corrected chi connectivity index (χ2v) is 4.27. The summed E-state index contributed by atoms with van der Waals surface area (Å²) in [5, 5.41) is 18.3. The third kappa shape index (κ3) is 3.89. The Kier molecular flexibility index (Phi) is 4.68. The zero-order valence-corrected chi connectivity index (χ0v) is 10.3. The van der Waals surface area contributed by atoms with Gasteiger partial charge in [0.15, 0.2) is 6.29 Å². The van der Waals surface area contributed by atoms with Crippen LogP contribution in [0.3, 0.4) is 0 Å². The molecule has 1 aromatic carbocycles. The van der Waals surface area contributed by atoms with E-state index in [9.17, 15) is 9.90 Å². The summed E-state index contributed by atoms with van der Waals surface area (Å²) in [6.07, 6.45) is 1.07. The molecule has 5 heteroatoms. The van der Waals surface area contributed by atoms with E-state index in [1.165, 1.54) is 6.08 Å². The SMILES string of the molecule is O=C(O)CC=CC1OC(c2ccccc2)OCC1O. The molecule has 3 unspecified atom stereocenters. The van der Waals surface area contributed by atoms with Crippen LogP contribution in [0.2, 0.25) is 0 Å². The zero-order chi connectivity index (χ0) is 13.7. The topological polar surface area (TPSA) is 76.0 Å². The highest BCUT2D eigenvalue weighted by atomic mass is 16.7. The van der Waals surface area contributed by atoms with Crippen molar-refractivity contribution in [3.8, 4) is 0 Å². The highest BCUT2D eigenvalue weighted by molar-refractivity contribution is 5.68. The third-order valence-electron chi connectivity index (χ3n) is 2.77. The molecule has 1 aliphatic heterocycles. The maximum absolute atomic E-state index is 10.4. The Morgan fingerprint density at radius 3 is 2.79 bits per heavy atom. The molecule has 0 saturated carbocycles. The second kappa shape index (κ2) is 6.47. The van der Waals surface area contributed by atoms with Gasteiger partial charge in [-0.3, -0.25) is 4.79 Å². The van der Waals surface area contributed by atoms with Gasteiger partial charge in [0.05, 0.1) is 13.0 Å². The largest absolute Gasteiger partial charge is 0.481 e. The third-order valence-corrected chi connectivity index (χ3v) is 2.77. The minimum atomic E-state index is -0.919. The van der Waals surface area contributed by atoms with Crippen molar-refractivity contribution in [3.05, 3.63) is 48.0 Å². The first-order valence-electron chi connectivity index (χ1n) is 6.05. The molecule has 0 radical (unpaired) electrons. The molecular formula is C14H16O5. The Bertz CT molecular complexity index is 442. The number of aliphatic carboxylic acids is 1. The van der Waals surface area contributed by atoms with E-state index >= 15 is 0 Å². The van der Waals surface area contributed by atoms with Crippen LogP contribution in [0.1, 0.15) is 18.3 Å². The molecule has 1 aromatic rings. The lowest BCUT2D eigenvalue weighted by molar-refractivity contribution is -0.243. The van der Waals surface area contributed by atoms with Crippen molar-refractivity contribution in [3.63, 3.8) is 0 Å². The van der Waals surface area contributed by atoms with Crippen LogP contribution in [0.4, 0.5) is 0 Å². The van der Waals surface area contributed by atoms with Crippen LogP contribution in [0.25, 0.3) is 0 Å². The first-order valence-corrected chi connectivity index (χ1v) is 6.05. The lowest BCUT2D eigenvalue weighted by Gasteiger charge is -2.32. The standard InChI is InChI=1S/C14H16O5/c15-11-9-18-14(10-5-2-1-3-6-10)19-12(11)7-4-8-13(16)17/h1-7,11-12,14-15H,8-9H2,(H,16,17). The van der Waals surface area contributed by atoms with E-state index in [1.807, 2.05) is 30.3 Å². The van der Waals surface area contributed by atoms with Crippen molar-refractivity contribution < 1.29 is 24.5 Å². The van der Waals surface area contributed by atoms with E-state index in [1.54, 1.807) is 6.08 Å². The van der Waals surface area contributed by atoms with E-state index in [4.69, 9.17) is 14.6 Å². The van der Waals surface area contributed by atoms with Crippen molar-refractivity contribution in [2.75, 3.05) is 6.61 Å². The summed E-state index contributed by atoms with van der Waals surface area (Å²) >= 11 is 0. The van der Waals surface area contributed by atoms with E-state index in [2.05, 4.69) is 0 Å². The molecule has 1 fully saturated rings. The van der Waals surface area contributed by atoms with Gasteiger partial charge in [-0.25, -0.2) is 0 Å². The van der Waals surface area contributed by atoms with Crippen molar-refractivity contribution in [1.29, 1.82) is 0 Å². The van der Waals surface area contributed by atoms with Gasteiger partial charge in [0.25, 0.3) is 0 Å². The molecule has 1 heterocycles. The van der Waals surface area contributed by atoms with Crippen LogP contribution in [-0.2, 0) is 14.3 Å². The van der Waals surface area contributed by atoms with Gasteiger partial charge in [-0.1, -0.05) is 42.5 Å². The smallest absolute Gasteiger partial charge is 0.307 e. The highest BCUT2D eigenvalue weighted by Crippen LogP contribution is 2.26. The van der Waals surface area contributed by atoms with Gasteiger partial charge in [0, 0.05) is 5.56 Å². The van der Waals surface area contributed by atoms with Crippen LogP contribution in [0, 0.1) is 0 Å². The van der Waals surface area contributed by atoms with Crippen molar-refractivity contribution in [2.24, 2.45) is 0 Å². The Hall–Kier alpha value is -1.69. The Labute approximate surface area is 111 Å². The van der Waals surface area contributed by atoms with Gasteiger partial charge in [-0.2, -0.15) is 0 Å². The quantitative estimate of drug-likeness (QED) is 0.806. The molecule has 0 aliphatic carbocycles. The Morgan fingerprint density at radius 2 is 2.11 bits per heavy atom. The number of aliphatic hydroxyl groups is 1. The van der Waals surface area contributed by atoms with E-state index in [0.29, 0.717) is 0 Å². The fourth-order valence-electron chi connectivity index (χ4n) is 1.82. The first kappa shape index (κ1) is 13.7. The molecule has 3 atom stereocenters. The molecule has 1 aliphatic rings. The number of hydrogen-bond acceptors (Lipinski definition) is 4. The van der Waals surface area contributed by atoms with Gasteiger partial charge in [0.1, 0.15) is 12.2 Å². The van der Waals surface area contributed by atoms with Gasteiger partial charge in [-0.15, -0.1) is 0 Å². The number of rotatable bonds is 4. The number of hydrogen-bond donors (Lipinski definition) is 2. The molecule has 0 bridgehead atoms. The first-order chi connectivity index (χ1) is 9.16. The fourth-order valence-corrected chi connectivity index (χ4v) is 1.82. The summed E-state index contributed by atoms with van der Waals surface area (Å²) in [4.78, 5) is 10.4. The summed E-state index contributed by atoms with van der Waals surface area (Å²) in [6.45, 7) is 0.154. The molecule has 2 rings (SSSR count). The van der Waals surface area contributed by atoms with Gasteiger partial charge in [0.2, 0.25) is 0 Å². The summed E-state index contributed by atoms with van der Waals surface area (Å²) < 4.78 is 11.0. The van der Waals surface area contributed by atoms with Crippen LogP contribution in [0.15, 0.2) is 42.5 Å². The number of benzene rings is 1.